The van der Waals surface area contributed by atoms with Gasteiger partial charge in [0.15, 0.2) is 0 Å². The third-order valence-corrected chi connectivity index (χ3v) is 3.45. The number of hydrogen-bond donors (Lipinski definition) is 0. The van der Waals surface area contributed by atoms with Crippen molar-refractivity contribution in [3.63, 3.8) is 0 Å². The second kappa shape index (κ2) is 4.15. The van der Waals surface area contributed by atoms with E-state index in [4.69, 9.17) is 0 Å². The highest BCUT2D eigenvalue weighted by Gasteiger charge is 2.37. The maximum absolute atomic E-state index is 11.5. The van der Waals surface area contributed by atoms with Gasteiger partial charge in [-0.1, -0.05) is 30.3 Å². The van der Waals surface area contributed by atoms with E-state index in [9.17, 15) is 4.79 Å². The molecule has 0 aromatic heterocycles. The monoisotopic (exact) mass is 203 g/mol. The summed E-state index contributed by atoms with van der Waals surface area (Å²) in [6.07, 6.45) is 4.38. The third-order valence-electron chi connectivity index (χ3n) is 3.45. The molecule has 1 aliphatic heterocycles. The summed E-state index contributed by atoms with van der Waals surface area (Å²) < 4.78 is 0. The first-order valence-corrected chi connectivity index (χ1v) is 5.53. The van der Waals surface area contributed by atoms with Crippen molar-refractivity contribution in [2.75, 3.05) is 13.6 Å². The van der Waals surface area contributed by atoms with Crippen LogP contribution in [-0.4, -0.2) is 24.8 Å². The lowest BCUT2D eigenvalue weighted by Crippen LogP contribution is -2.48. The molecule has 0 amide bonds. The highest BCUT2D eigenvalue weighted by molar-refractivity contribution is 5.68. The summed E-state index contributed by atoms with van der Waals surface area (Å²) in [5, 5.41) is 0. The maximum Gasteiger partial charge on any atom is 0.144 e. The molecule has 2 heteroatoms. The molecule has 0 N–H and O–H groups in total. The van der Waals surface area contributed by atoms with Crippen LogP contribution in [0.3, 0.4) is 0 Å². The van der Waals surface area contributed by atoms with E-state index in [0.717, 1.165) is 31.2 Å². The van der Waals surface area contributed by atoms with Crippen LogP contribution in [0.15, 0.2) is 30.3 Å². The first-order valence-electron chi connectivity index (χ1n) is 5.53. The van der Waals surface area contributed by atoms with Gasteiger partial charge in [0.25, 0.3) is 0 Å². The summed E-state index contributed by atoms with van der Waals surface area (Å²) >= 11 is 0. The molecule has 80 valence electrons. The van der Waals surface area contributed by atoms with E-state index in [1.54, 1.807) is 0 Å². The molecule has 1 unspecified atom stereocenters. The van der Waals surface area contributed by atoms with E-state index in [1.807, 2.05) is 25.2 Å². The van der Waals surface area contributed by atoms with Gasteiger partial charge >= 0.3 is 0 Å². The Balaban J connectivity index is 2.40. The molecule has 1 aromatic carbocycles. The van der Waals surface area contributed by atoms with Gasteiger partial charge in [-0.15, -0.1) is 0 Å². The van der Waals surface area contributed by atoms with Gasteiger partial charge in [-0.05, 0) is 38.4 Å². The highest BCUT2D eigenvalue weighted by Crippen LogP contribution is 2.34. The van der Waals surface area contributed by atoms with Crippen molar-refractivity contribution in [1.82, 2.24) is 4.90 Å². The summed E-state index contributed by atoms with van der Waals surface area (Å²) in [5.41, 5.74) is 0.752. The Kier molecular flexibility index (Phi) is 2.87. The van der Waals surface area contributed by atoms with Gasteiger partial charge in [-0.3, -0.25) is 4.90 Å². The zero-order chi connectivity index (χ0) is 10.7. The molecule has 1 atom stereocenters. The zero-order valence-corrected chi connectivity index (χ0v) is 9.15. The minimum Gasteiger partial charge on any atom is -0.301 e. The second-order valence-corrected chi connectivity index (χ2v) is 4.29. The quantitative estimate of drug-likeness (QED) is 0.687. The minimum absolute atomic E-state index is 0.375. The fraction of sp³-hybridized carbons (Fsp3) is 0.462. The van der Waals surface area contributed by atoms with Gasteiger partial charge in [0.2, 0.25) is 0 Å². The molecule has 0 bridgehead atoms. The van der Waals surface area contributed by atoms with Crippen molar-refractivity contribution in [2.24, 2.45) is 0 Å². The molecule has 1 heterocycles. The Labute approximate surface area is 90.9 Å². The Hall–Kier alpha value is -1.15. The zero-order valence-electron chi connectivity index (χ0n) is 9.15. The van der Waals surface area contributed by atoms with E-state index in [-0.39, 0.29) is 5.54 Å². The number of rotatable bonds is 2. The molecule has 0 aliphatic carbocycles. The molecule has 2 nitrogen and oxygen atoms in total. The minimum atomic E-state index is -0.375. The molecule has 15 heavy (non-hydrogen) atoms. The number of nitrogens with zero attached hydrogens (tertiary/aromatic N) is 1. The van der Waals surface area contributed by atoms with E-state index < -0.39 is 0 Å². The van der Waals surface area contributed by atoms with Crippen LogP contribution >= 0.6 is 0 Å². The highest BCUT2D eigenvalue weighted by atomic mass is 16.1. The standard InChI is InChI=1S/C13H17NO/c1-14-10-6-5-9-13(14,11-15)12-7-3-2-4-8-12/h2-4,7-8,11H,5-6,9-10H2,1H3. The summed E-state index contributed by atoms with van der Waals surface area (Å²) in [7, 11) is 2.04. The predicted molar refractivity (Wildman–Crippen MR) is 60.7 cm³/mol. The number of hydrogen-bond acceptors (Lipinski definition) is 2. The number of benzene rings is 1. The Morgan fingerprint density at radius 1 is 1.27 bits per heavy atom. The van der Waals surface area contributed by atoms with Gasteiger partial charge < -0.3 is 4.79 Å². The fourth-order valence-corrected chi connectivity index (χ4v) is 2.44. The summed E-state index contributed by atoms with van der Waals surface area (Å²) in [6, 6.07) is 10.1. The van der Waals surface area contributed by atoms with Crippen LogP contribution in [0.4, 0.5) is 0 Å². The SMILES string of the molecule is CN1CCCCC1(C=O)c1ccccc1. The van der Waals surface area contributed by atoms with Crippen LogP contribution < -0.4 is 0 Å². The number of likely N-dealkylation sites (tertiary alicyclic amines) is 1. The van der Waals surface area contributed by atoms with Crippen molar-refractivity contribution in [3.8, 4) is 0 Å². The van der Waals surface area contributed by atoms with Crippen LogP contribution in [0, 0.1) is 0 Å². The molecular formula is C13H17NO. The number of piperidine rings is 1. The van der Waals surface area contributed by atoms with Crippen molar-refractivity contribution < 1.29 is 4.79 Å². The first kappa shape index (κ1) is 10.4. The first-order chi connectivity index (χ1) is 7.29. The molecule has 0 radical (unpaired) electrons. The number of aldehydes is 1. The van der Waals surface area contributed by atoms with Crippen molar-refractivity contribution in [3.05, 3.63) is 35.9 Å². The normalized spacial score (nSPS) is 27.5. The van der Waals surface area contributed by atoms with E-state index in [1.165, 1.54) is 6.42 Å². The van der Waals surface area contributed by atoms with Crippen LogP contribution in [0.1, 0.15) is 24.8 Å². The fourth-order valence-electron chi connectivity index (χ4n) is 2.44. The van der Waals surface area contributed by atoms with Crippen LogP contribution in [0.5, 0.6) is 0 Å². The van der Waals surface area contributed by atoms with Gasteiger partial charge in [0.1, 0.15) is 11.8 Å². The summed E-state index contributed by atoms with van der Waals surface area (Å²) in [4.78, 5) is 13.6. The second-order valence-electron chi connectivity index (χ2n) is 4.29. The Morgan fingerprint density at radius 3 is 2.60 bits per heavy atom. The van der Waals surface area contributed by atoms with E-state index >= 15 is 0 Å². The van der Waals surface area contributed by atoms with Gasteiger partial charge in [-0.25, -0.2) is 0 Å². The lowest BCUT2D eigenvalue weighted by Gasteiger charge is -2.41. The smallest absolute Gasteiger partial charge is 0.144 e. The molecule has 1 fully saturated rings. The van der Waals surface area contributed by atoms with Gasteiger partial charge in [0, 0.05) is 0 Å². The topological polar surface area (TPSA) is 20.3 Å². The molecule has 1 aliphatic rings. The largest absolute Gasteiger partial charge is 0.301 e. The number of carbonyl (C=O) groups is 1. The van der Waals surface area contributed by atoms with Crippen LogP contribution in [0.25, 0.3) is 0 Å². The maximum atomic E-state index is 11.5. The lowest BCUT2D eigenvalue weighted by molar-refractivity contribution is -0.120. The molecule has 0 spiro atoms. The summed E-state index contributed by atoms with van der Waals surface area (Å²) in [5.74, 6) is 0. The van der Waals surface area contributed by atoms with Crippen molar-refractivity contribution in [2.45, 2.75) is 24.8 Å². The summed E-state index contributed by atoms with van der Waals surface area (Å²) in [6.45, 7) is 1.01. The van der Waals surface area contributed by atoms with E-state index in [2.05, 4.69) is 17.0 Å². The molecule has 1 saturated heterocycles. The molecule has 1 aromatic rings. The molecular weight excluding hydrogens is 186 g/mol. The number of likely N-dealkylation sites (N-methyl/N-ethyl adjacent to an activating group) is 1. The molecule has 0 saturated carbocycles. The van der Waals surface area contributed by atoms with Gasteiger partial charge in [0.05, 0.1) is 0 Å². The van der Waals surface area contributed by atoms with Crippen LogP contribution in [0.2, 0.25) is 0 Å². The van der Waals surface area contributed by atoms with Crippen molar-refractivity contribution in [1.29, 1.82) is 0 Å². The average Bonchev–Trinajstić information content (AvgIpc) is 2.31. The van der Waals surface area contributed by atoms with Crippen molar-refractivity contribution >= 4 is 6.29 Å². The van der Waals surface area contributed by atoms with Crippen LogP contribution in [-0.2, 0) is 10.3 Å². The number of carbonyl (C=O) groups excluding carboxylic acids is 1. The Morgan fingerprint density at radius 2 is 2.00 bits per heavy atom. The van der Waals surface area contributed by atoms with Gasteiger partial charge in [-0.2, -0.15) is 0 Å². The Bertz CT molecular complexity index is 336. The lowest BCUT2D eigenvalue weighted by atomic mass is 9.82. The third kappa shape index (κ3) is 1.70. The average molecular weight is 203 g/mol. The predicted octanol–water partition coefficient (Wildman–Crippen LogP) is 2.20. The van der Waals surface area contributed by atoms with E-state index in [0.29, 0.717) is 0 Å². The molecule has 2 rings (SSSR count).